The molecule has 0 amide bonds. The first-order valence-corrected chi connectivity index (χ1v) is 8.97. The maximum absolute atomic E-state index is 12.1. The molecule has 1 aliphatic rings. The van der Waals surface area contributed by atoms with Crippen molar-refractivity contribution in [3.63, 3.8) is 0 Å². The van der Waals surface area contributed by atoms with Crippen LogP contribution in [-0.2, 0) is 6.42 Å². The number of hydrogen-bond acceptors (Lipinski definition) is 7. The minimum Gasteiger partial charge on any atom is -0.368 e. The van der Waals surface area contributed by atoms with Crippen molar-refractivity contribution in [3.05, 3.63) is 59.4 Å². The van der Waals surface area contributed by atoms with Crippen molar-refractivity contribution in [3.8, 4) is 5.95 Å². The van der Waals surface area contributed by atoms with Crippen molar-refractivity contribution in [2.75, 3.05) is 11.1 Å². The topological polar surface area (TPSA) is 112 Å². The number of nitrogens with zero attached hydrogens (tertiary/aromatic N) is 5. The molecule has 0 unspecified atom stereocenters. The smallest absolute Gasteiger partial charge is 0.242 e. The van der Waals surface area contributed by atoms with Crippen LogP contribution in [0.25, 0.3) is 17.0 Å². The van der Waals surface area contributed by atoms with Gasteiger partial charge in [0.2, 0.25) is 17.8 Å². The number of carbonyl (C=O) groups is 1. The number of aromatic nitrogens is 5. The summed E-state index contributed by atoms with van der Waals surface area (Å²) in [5.41, 5.74) is 10.1. The van der Waals surface area contributed by atoms with E-state index < -0.39 is 0 Å². The summed E-state index contributed by atoms with van der Waals surface area (Å²) in [5, 5.41) is 3.31. The summed E-state index contributed by atoms with van der Waals surface area (Å²) < 4.78 is 1.80. The Bertz CT molecular complexity index is 1220. The fourth-order valence-electron chi connectivity index (χ4n) is 3.54. The van der Waals surface area contributed by atoms with E-state index in [2.05, 4.69) is 25.3 Å². The lowest BCUT2D eigenvalue weighted by molar-refractivity contribution is 0.0994. The zero-order valence-corrected chi connectivity index (χ0v) is 15.2. The molecule has 1 aliphatic carbocycles. The molecule has 0 saturated carbocycles. The van der Waals surface area contributed by atoms with Crippen LogP contribution < -0.4 is 11.1 Å². The number of hydrogen-bond donors (Lipinski definition) is 2. The second-order valence-corrected chi connectivity index (χ2v) is 6.72. The average Bonchev–Trinajstić information content (AvgIpc) is 3.21. The highest BCUT2D eigenvalue weighted by molar-refractivity contribution is 6.01. The van der Waals surface area contributed by atoms with Crippen LogP contribution >= 0.6 is 0 Å². The highest BCUT2D eigenvalue weighted by Crippen LogP contribution is 2.29. The molecule has 0 atom stereocenters. The first-order chi connectivity index (χ1) is 13.6. The number of carbonyl (C=O) groups excluding carboxylic acids is 1. The molecule has 8 nitrogen and oxygen atoms in total. The van der Waals surface area contributed by atoms with E-state index in [9.17, 15) is 4.79 Å². The number of nitrogens with two attached hydrogens (primary N) is 1. The normalized spacial score (nSPS) is 13.1. The van der Waals surface area contributed by atoms with Crippen LogP contribution in [0.1, 0.15) is 28.2 Å². The van der Waals surface area contributed by atoms with Gasteiger partial charge in [0, 0.05) is 17.7 Å². The van der Waals surface area contributed by atoms with Crippen LogP contribution in [0.15, 0.2) is 42.5 Å². The molecule has 28 heavy (non-hydrogen) atoms. The summed E-state index contributed by atoms with van der Waals surface area (Å²) in [4.78, 5) is 29.5. The van der Waals surface area contributed by atoms with Crippen LogP contribution in [-0.4, -0.2) is 30.3 Å². The van der Waals surface area contributed by atoms with E-state index in [0.717, 1.165) is 34.3 Å². The maximum atomic E-state index is 12.1. The second-order valence-electron chi connectivity index (χ2n) is 6.72. The standard InChI is InChI=1S/C20H17N7O/c1-11-22-18(21)26-19(23-11)27-16-5-3-2-4-15(16)25-20(27)24-13-8-6-12-7-9-17(28)14(12)10-13/h2-6,8,10H,7,9H2,1H3,(H,24,25)(H2,21,22,23,26). The molecule has 5 rings (SSSR count). The Kier molecular flexibility index (Phi) is 3.58. The number of anilines is 3. The molecule has 2 aromatic carbocycles. The maximum Gasteiger partial charge on any atom is 0.242 e. The van der Waals surface area contributed by atoms with Crippen molar-refractivity contribution in [1.29, 1.82) is 0 Å². The van der Waals surface area contributed by atoms with Gasteiger partial charge in [-0.15, -0.1) is 0 Å². The fraction of sp³-hybridized carbons (Fsp3) is 0.150. The molecule has 0 spiro atoms. The first kappa shape index (κ1) is 16.4. The Morgan fingerprint density at radius 2 is 1.89 bits per heavy atom. The summed E-state index contributed by atoms with van der Waals surface area (Å²) in [6.45, 7) is 1.76. The number of ketones is 1. The number of para-hydroxylation sites is 2. The third kappa shape index (κ3) is 2.66. The number of imidazole rings is 1. The lowest BCUT2D eigenvalue weighted by atomic mass is 10.1. The minimum absolute atomic E-state index is 0.148. The molecule has 4 aromatic rings. The van der Waals surface area contributed by atoms with E-state index in [1.165, 1.54) is 0 Å². The molecule has 0 fully saturated rings. The van der Waals surface area contributed by atoms with Crippen LogP contribution in [0.4, 0.5) is 17.6 Å². The highest BCUT2D eigenvalue weighted by Gasteiger charge is 2.21. The van der Waals surface area contributed by atoms with Gasteiger partial charge in [0.15, 0.2) is 5.78 Å². The van der Waals surface area contributed by atoms with E-state index >= 15 is 0 Å². The lowest BCUT2D eigenvalue weighted by Crippen LogP contribution is -2.10. The molecule has 3 N–H and O–H groups in total. The summed E-state index contributed by atoms with van der Waals surface area (Å²) in [6, 6.07) is 13.5. The van der Waals surface area contributed by atoms with E-state index in [-0.39, 0.29) is 11.7 Å². The van der Waals surface area contributed by atoms with Gasteiger partial charge in [-0.05, 0) is 43.2 Å². The van der Waals surface area contributed by atoms with E-state index in [1.54, 1.807) is 11.5 Å². The molecule has 0 saturated heterocycles. The number of fused-ring (bicyclic) bond motifs is 2. The van der Waals surface area contributed by atoms with Crippen LogP contribution in [0.3, 0.4) is 0 Å². The summed E-state index contributed by atoms with van der Waals surface area (Å²) in [7, 11) is 0. The Balaban J connectivity index is 1.66. The second kappa shape index (κ2) is 6.12. The third-order valence-corrected chi connectivity index (χ3v) is 4.80. The number of aryl methyl sites for hydroxylation is 2. The first-order valence-electron chi connectivity index (χ1n) is 8.97. The summed E-state index contributed by atoms with van der Waals surface area (Å²) in [5.74, 6) is 1.77. The Morgan fingerprint density at radius 1 is 1.04 bits per heavy atom. The molecule has 2 aromatic heterocycles. The van der Waals surface area contributed by atoms with Crippen molar-refractivity contribution in [2.24, 2.45) is 0 Å². The van der Waals surface area contributed by atoms with Gasteiger partial charge in [0.25, 0.3) is 0 Å². The predicted octanol–water partition coefficient (Wildman–Crippen LogP) is 2.97. The number of nitrogens with one attached hydrogen (secondary N) is 1. The predicted molar refractivity (Wildman–Crippen MR) is 106 cm³/mol. The van der Waals surface area contributed by atoms with Crippen LogP contribution in [0, 0.1) is 6.92 Å². The quantitative estimate of drug-likeness (QED) is 0.569. The SMILES string of the molecule is Cc1nc(N)nc(-n2c(Nc3ccc4c(c3)C(=O)CC4)nc3ccccc32)n1. The van der Waals surface area contributed by atoms with Gasteiger partial charge in [-0.25, -0.2) is 9.55 Å². The number of nitrogen functional groups attached to an aromatic ring is 1. The monoisotopic (exact) mass is 371 g/mol. The summed E-state index contributed by atoms with van der Waals surface area (Å²) in [6.07, 6.45) is 1.37. The Labute approximate surface area is 160 Å². The molecule has 0 radical (unpaired) electrons. The number of benzene rings is 2. The fourth-order valence-corrected chi connectivity index (χ4v) is 3.54. The van der Waals surface area contributed by atoms with Gasteiger partial charge < -0.3 is 11.1 Å². The van der Waals surface area contributed by atoms with Crippen LogP contribution in [0.2, 0.25) is 0 Å². The largest absolute Gasteiger partial charge is 0.368 e. The number of Topliss-reactive ketones (excluding diaryl/α,β-unsaturated/α-hetero) is 1. The van der Waals surface area contributed by atoms with E-state index in [0.29, 0.717) is 24.1 Å². The van der Waals surface area contributed by atoms with Crippen molar-refractivity contribution in [2.45, 2.75) is 19.8 Å². The third-order valence-electron chi connectivity index (χ3n) is 4.80. The van der Waals surface area contributed by atoms with Crippen LogP contribution in [0.5, 0.6) is 0 Å². The average molecular weight is 371 g/mol. The lowest BCUT2D eigenvalue weighted by Gasteiger charge is -2.11. The van der Waals surface area contributed by atoms with Gasteiger partial charge in [-0.1, -0.05) is 18.2 Å². The summed E-state index contributed by atoms with van der Waals surface area (Å²) >= 11 is 0. The van der Waals surface area contributed by atoms with E-state index in [1.807, 2.05) is 42.5 Å². The molecule has 2 heterocycles. The Morgan fingerprint density at radius 3 is 2.75 bits per heavy atom. The molecular weight excluding hydrogens is 354 g/mol. The molecule has 0 bridgehead atoms. The molecule has 138 valence electrons. The van der Waals surface area contributed by atoms with Gasteiger partial charge >= 0.3 is 0 Å². The van der Waals surface area contributed by atoms with Gasteiger partial charge in [-0.2, -0.15) is 15.0 Å². The molecule has 0 aliphatic heterocycles. The van der Waals surface area contributed by atoms with Gasteiger partial charge in [-0.3, -0.25) is 4.79 Å². The van der Waals surface area contributed by atoms with Gasteiger partial charge in [0.1, 0.15) is 5.82 Å². The molecule has 8 heteroatoms. The minimum atomic E-state index is 0.148. The van der Waals surface area contributed by atoms with E-state index in [4.69, 9.17) is 5.73 Å². The highest BCUT2D eigenvalue weighted by atomic mass is 16.1. The zero-order valence-electron chi connectivity index (χ0n) is 15.2. The Hall–Kier alpha value is -3.81. The molecular formula is C20H17N7O. The van der Waals surface area contributed by atoms with Gasteiger partial charge in [0.05, 0.1) is 11.0 Å². The number of rotatable bonds is 3. The zero-order chi connectivity index (χ0) is 19.3. The van der Waals surface area contributed by atoms with Crippen molar-refractivity contribution in [1.82, 2.24) is 24.5 Å². The van der Waals surface area contributed by atoms with Crippen molar-refractivity contribution >= 4 is 34.4 Å². The van der Waals surface area contributed by atoms with Crippen molar-refractivity contribution < 1.29 is 4.79 Å².